The number of unbranched alkanes of at least 4 members (excludes halogenated alkanes) is 4. The Kier molecular flexibility index (Phi) is 10.4. The molecule has 0 aliphatic carbocycles. The molecule has 0 aromatic heterocycles. The quantitative estimate of drug-likeness (QED) is 0.374. The zero-order chi connectivity index (χ0) is 16.0. The van der Waals surface area contributed by atoms with Gasteiger partial charge in [-0.05, 0) is 24.3 Å². The summed E-state index contributed by atoms with van der Waals surface area (Å²) in [5, 5.41) is 0. The molecule has 0 spiro atoms. The predicted octanol–water partition coefficient (Wildman–Crippen LogP) is 5.55. The van der Waals surface area contributed by atoms with Gasteiger partial charge in [-0.3, -0.25) is 4.79 Å². The Morgan fingerprint density at radius 3 is 2.32 bits per heavy atom. The Labute approximate surface area is 136 Å². The zero-order valence-corrected chi connectivity index (χ0v) is 14.4. The van der Waals surface area contributed by atoms with Crippen molar-refractivity contribution in [1.82, 2.24) is 0 Å². The number of hydrogen-bond donors (Lipinski definition) is 0. The first-order valence-electron chi connectivity index (χ1n) is 8.95. The van der Waals surface area contributed by atoms with E-state index in [0.29, 0.717) is 18.9 Å². The lowest BCUT2D eigenvalue weighted by Gasteiger charge is -2.16. The van der Waals surface area contributed by atoms with Gasteiger partial charge in [-0.1, -0.05) is 82.7 Å². The van der Waals surface area contributed by atoms with Crippen molar-refractivity contribution in [3.05, 3.63) is 35.9 Å². The van der Waals surface area contributed by atoms with Crippen LogP contribution in [0.25, 0.3) is 0 Å². The summed E-state index contributed by atoms with van der Waals surface area (Å²) in [5.74, 6) is 0.442. The average Bonchev–Trinajstić information content (AvgIpc) is 2.54. The summed E-state index contributed by atoms with van der Waals surface area (Å²) < 4.78 is 5.52. The van der Waals surface area contributed by atoms with Crippen LogP contribution in [0.5, 0.6) is 0 Å². The molecule has 0 fully saturated rings. The Morgan fingerprint density at radius 2 is 1.64 bits per heavy atom. The largest absolute Gasteiger partial charge is 0.465 e. The van der Waals surface area contributed by atoms with Gasteiger partial charge < -0.3 is 4.74 Å². The van der Waals surface area contributed by atoms with Crippen LogP contribution in [0.3, 0.4) is 0 Å². The molecule has 2 heteroatoms. The molecule has 1 rings (SSSR count). The van der Waals surface area contributed by atoms with E-state index in [0.717, 1.165) is 5.56 Å². The molecular weight excluding hydrogens is 272 g/mol. The molecule has 1 aromatic rings. The highest BCUT2D eigenvalue weighted by Gasteiger charge is 2.12. The summed E-state index contributed by atoms with van der Waals surface area (Å²) >= 11 is 0. The first-order chi connectivity index (χ1) is 10.8. The maximum absolute atomic E-state index is 11.9. The molecule has 0 heterocycles. The first kappa shape index (κ1) is 18.7. The Morgan fingerprint density at radius 1 is 0.955 bits per heavy atom. The number of carbonyl (C=O) groups excluding carboxylic acids is 1. The van der Waals surface area contributed by atoms with E-state index in [2.05, 4.69) is 13.8 Å². The van der Waals surface area contributed by atoms with Crippen LogP contribution in [-0.2, 0) is 16.0 Å². The Balaban J connectivity index is 2.29. The minimum atomic E-state index is -0.0961. The number of esters is 1. The van der Waals surface area contributed by atoms with E-state index in [1.807, 2.05) is 30.3 Å². The second kappa shape index (κ2) is 12.3. The number of hydrogen-bond acceptors (Lipinski definition) is 2. The van der Waals surface area contributed by atoms with Crippen LogP contribution < -0.4 is 0 Å². The average molecular weight is 304 g/mol. The monoisotopic (exact) mass is 304 g/mol. The number of rotatable bonds is 12. The molecule has 1 unspecified atom stereocenters. The maximum Gasteiger partial charge on any atom is 0.310 e. The van der Waals surface area contributed by atoms with Gasteiger partial charge >= 0.3 is 5.97 Å². The Hall–Kier alpha value is -1.31. The maximum atomic E-state index is 11.9. The molecule has 0 amide bonds. The fraction of sp³-hybridized carbons (Fsp3) is 0.650. The van der Waals surface area contributed by atoms with Gasteiger partial charge in [-0.15, -0.1) is 0 Å². The summed E-state index contributed by atoms with van der Waals surface area (Å²) in [6.45, 7) is 5.05. The predicted molar refractivity (Wildman–Crippen MR) is 92.9 cm³/mol. The summed E-state index contributed by atoms with van der Waals surface area (Å²) in [4.78, 5) is 11.9. The van der Waals surface area contributed by atoms with Gasteiger partial charge in [0.05, 0.1) is 13.0 Å². The molecule has 1 aromatic carbocycles. The standard InChI is InChI=1S/C20H32O2/c1-3-5-7-9-15-19(12-6-4-2)17-22-20(21)16-18-13-10-8-11-14-18/h8,10-11,13-14,19H,3-7,9,12,15-17H2,1-2H3. The summed E-state index contributed by atoms with van der Waals surface area (Å²) in [5.41, 5.74) is 1.03. The molecule has 2 nitrogen and oxygen atoms in total. The fourth-order valence-electron chi connectivity index (χ4n) is 2.69. The van der Waals surface area contributed by atoms with Crippen LogP contribution in [0, 0.1) is 5.92 Å². The van der Waals surface area contributed by atoms with Crippen LogP contribution in [0.2, 0.25) is 0 Å². The minimum absolute atomic E-state index is 0.0961. The van der Waals surface area contributed by atoms with E-state index in [-0.39, 0.29) is 5.97 Å². The lowest BCUT2D eigenvalue weighted by atomic mass is 9.96. The smallest absolute Gasteiger partial charge is 0.310 e. The molecule has 0 saturated heterocycles. The van der Waals surface area contributed by atoms with Crippen LogP contribution in [0.1, 0.15) is 70.8 Å². The van der Waals surface area contributed by atoms with Crippen LogP contribution >= 0.6 is 0 Å². The third-order valence-corrected chi connectivity index (χ3v) is 4.10. The SMILES string of the molecule is CCCCCCC(CCCC)COC(=O)Cc1ccccc1. The van der Waals surface area contributed by atoms with Crippen molar-refractivity contribution >= 4 is 5.97 Å². The van der Waals surface area contributed by atoms with Gasteiger partial charge in [0, 0.05) is 0 Å². The summed E-state index contributed by atoms with van der Waals surface area (Å²) in [6, 6.07) is 9.83. The number of benzene rings is 1. The molecule has 0 bridgehead atoms. The van der Waals surface area contributed by atoms with Crippen molar-refractivity contribution in [3.8, 4) is 0 Å². The van der Waals surface area contributed by atoms with Gasteiger partial charge in [-0.2, -0.15) is 0 Å². The molecule has 0 N–H and O–H groups in total. The molecule has 22 heavy (non-hydrogen) atoms. The first-order valence-corrected chi connectivity index (χ1v) is 8.95. The van der Waals surface area contributed by atoms with Crippen molar-refractivity contribution in [1.29, 1.82) is 0 Å². The Bertz CT molecular complexity index is 386. The minimum Gasteiger partial charge on any atom is -0.465 e. The van der Waals surface area contributed by atoms with Gasteiger partial charge in [0.25, 0.3) is 0 Å². The van der Waals surface area contributed by atoms with Crippen molar-refractivity contribution in [3.63, 3.8) is 0 Å². The van der Waals surface area contributed by atoms with Crippen molar-refractivity contribution in [2.24, 2.45) is 5.92 Å². The van der Waals surface area contributed by atoms with Gasteiger partial charge in [-0.25, -0.2) is 0 Å². The molecule has 1 atom stereocenters. The molecule has 0 saturated carbocycles. The van der Waals surface area contributed by atoms with E-state index >= 15 is 0 Å². The third-order valence-electron chi connectivity index (χ3n) is 4.10. The molecule has 0 aliphatic heterocycles. The lowest BCUT2D eigenvalue weighted by molar-refractivity contribution is -0.144. The van der Waals surface area contributed by atoms with E-state index < -0.39 is 0 Å². The van der Waals surface area contributed by atoms with Gasteiger partial charge in [0.1, 0.15) is 0 Å². The topological polar surface area (TPSA) is 26.3 Å². The van der Waals surface area contributed by atoms with E-state index in [4.69, 9.17) is 4.74 Å². The second-order valence-corrected chi connectivity index (χ2v) is 6.20. The third kappa shape index (κ3) is 8.86. The van der Waals surface area contributed by atoms with Gasteiger partial charge in [0.2, 0.25) is 0 Å². The van der Waals surface area contributed by atoms with E-state index in [1.54, 1.807) is 0 Å². The molecule has 124 valence electrons. The van der Waals surface area contributed by atoms with Crippen LogP contribution in [0.4, 0.5) is 0 Å². The fourth-order valence-corrected chi connectivity index (χ4v) is 2.69. The van der Waals surface area contributed by atoms with Crippen LogP contribution in [-0.4, -0.2) is 12.6 Å². The normalized spacial score (nSPS) is 12.1. The summed E-state index contributed by atoms with van der Waals surface area (Å²) in [7, 11) is 0. The zero-order valence-electron chi connectivity index (χ0n) is 14.4. The van der Waals surface area contributed by atoms with E-state index in [1.165, 1.54) is 51.4 Å². The molecular formula is C20H32O2. The van der Waals surface area contributed by atoms with Crippen molar-refractivity contribution < 1.29 is 9.53 Å². The number of carbonyl (C=O) groups is 1. The number of ether oxygens (including phenoxy) is 1. The van der Waals surface area contributed by atoms with Crippen LogP contribution in [0.15, 0.2) is 30.3 Å². The van der Waals surface area contributed by atoms with Gasteiger partial charge in [0.15, 0.2) is 0 Å². The lowest BCUT2D eigenvalue weighted by Crippen LogP contribution is -2.16. The highest BCUT2D eigenvalue weighted by molar-refractivity contribution is 5.72. The van der Waals surface area contributed by atoms with Crippen molar-refractivity contribution in [2.45, 2.75) is 71.6 Å². The summed E-state index contributed by atoms with van der Waals surface area (Å²) in [6.07, 6.45) is 10.4. The second-order valence-electron chi connectivity index (χ2n) is 6.20. The van der Waals surface area contributed by atoms with Crippen molar-refractivity contribution in [2.75, 3.05) is 6.61 Å². The highest BCUT2D eigenvalue weighted by Crippen LogP contribution is 2.18. The molecule has 0 aliphatic rings. The van der Waals surface area contributed by atoms with E-state index in [9.17, 15) is 4.79 Å². The molecule has 0 radical (unpaired) electrons. The highest BCUT2D eigenvalue weighted by atomic mass is 16.5.